The van der Waals surface area contributed by atoms with Gasteiger partial charge in [0.15, 0.2) is 11.6 Å². The van der Waals surface area contributed by atoms with Gasteiger partial charge in [-0.25, -0.2) is 4.79 Å². The summed E-state index contributed by atoms with van der Waals surface area (Å²) in [7, 11) is 0.999. The summed E-state index contributed by atoms with van der Waals surface area (Å²) in [5.41, 5.74) is -7.90. The number of rotatable bonds is 4. The summed E-state index contributed by atoms with van der Waals surface area (Å²) in [5.74, 6) is -7.68. The number of carboxylic acid groups (broad SMARTS) is 1. The van der Waals surface area contributed by atoms with Crippen molar-refractivity contribution in [2.75, 3.05) is 7.11 Å². The molecule has 35 heavy (non-hydrogen) atoms. The van der Waals surface area contributed by atoms with Crippen LogP contribution < -0.4 is 0 Å². The van der Waals surface area contributed by atoms with Crippen LogP contribution in [0.3, 0.4) is 0 Å². The fraction of sp³-hybridized carbons (Fsp3) is 0.731. The lowest BCUT2D eigenvalue weighted by Gasteiger charge is -2.66. The Morgan fingerprint density at radius 2 is 1.66 bits per heavy atom. The number of aliphatic carboxylic acids is 1. The number of aliphatic hydroxyl groups is 2. The van der Waals surface area contributed by atoms with E-state index >= 15 is 0 Å². The molecule has 2 fully saturated rings. The Bertz CT molecular complexity index is 1050. The molecule has 2 saturated carbocycles. The highest BCUT2D eigenvalue weighted by Gasteiger charge is 2.74. The van der Waals surface area contributed by atoms with Crippen molar-refractivity contribution < 1.29 is 44.0 Å². The zero-order valence-corrected chi connectivity index (χ0v) is 21.6. The maximum atomic E-state index is 13.7. The van der Waals surface area contributed by atoms with Crippen LogP contribution in [0.1, 0.15) is 61.3 Å². The highest BCUT2D eigenvalue weighted by atomic mass is 16.5. The first-order valence-electron chi connectivity index (χ1n) is 11.8. The van der Waals surface area contributed by atoms with Crippen molar-refractivity contribution in [2.45, 2.75) is 73.0 Å². The number of methoxy groups -OCH3 is 1. The molecule has 3 aliphatic rings. The number of allylic oxidation sites excluding steroid dienone is 2. The van der Waals surface area contributed by atoms with E-state index in [1.54, 1.807) is 26.8 Å². The van der Waals surface area contributed by atoms with E-state index in [0.717, 1.165) is 14.0 Å². The number of Topliss-reactive ketones (excluding diaryl/α,β-unsaturated/α-hetero) is 3. The summed E-state index contributed by atoms with van der Waals surface area (Å²) in [5, 5.41) is 32.8. The van der Waals surface area contributed by atoms with E-state index in [1.165, 1.54) is 13.8 Å². The molecule has 194 valence electrons. The average molecular weight is 493 g/mol. The monoisotopic (exact) mass is 492 g/mol. The predicted octanol–water partition coefficient (Wildman–Crippen LogP) is 1.72. The average Bonchev–Trinajstić information content (AvgIpc) is 2.75. The number of esters is 1. The van der Waals surface area contributed by atoms with Crippen molar-refractivity contribution in [1.29, 1.82) is 0 Å². The SMILES string of the molecule is COC(=O)[C@@](C)(O)C(=O)[C@]1(C)C(C)=C[C@H]2[C@]3(C)CCC(=O)C(C)(C)[C@H]3C(=O)[C@@H](O)[C@]2(C)[C@H]1C(=O)O. The van der Waals surface area contributed by atoms with Gasteiger partial charge in [-0.05, 0) is 38.5 Å². The number of carboxylic acids is 1. The number of carbonyl (C=O) groups excluding carboxylic acids is 4. The minimum Gasteiger partial charge on any atom is -0.481 e. The molecular weight excluding hydrogens is 456 g/mol. The molecule has 0 amide bonds. The molecule has 3 rings (SSSR count). The van der Waals surface area contributed by atoms with Gasteiger partial charge < -0.3 is 20.1 Å². The van der Waals surface area contributed by atoms with E-state index < -0.39 is 74.6 Å². The fourth-order valence-electron chi connectivity index (χ4n) is 7.80. The molecule has 8 atom stereocenters. The third-order valence-electron chi connectivity index (χ3n) is 9.69. The Morgan fingerprint density at radius 1 is 1.11 bits per heavy atom. The second-order valence-corrected chi connectivity index (χ2v) is 11.9. The zero-order valence-electron chi connectivity index (χ0n) is 21.6. The number of carbonyl (C=O) groups is 5. The molecule has 0 heterocycles. The summed E-state index contributed by atoms with van der Waals surface area (Å²) < 4.78 is 4.58. The second kappa shape index (κ2) is 7.80. The molecule has 0 aromatic carbocycles. The smallest absolute Gasteiger partial charge is 0.345 e. The van der Waals surface area contributed by atoms with E-state index in [9.17, 15) is 39.3 Å². The van der Waals surface area contributed by atoms with Crippen LogP contribution in [-0.2, 0) is 28.7 Å². The first-order valence-corrected chi connectivity index (χ1v) is 11.8. The van der Waals surface area contributed by atoms with Gasteiger partial charge in [0.25, 0.3) is 0 Å². The van der Waals surface area contributed by atoms with E-state index in [1.807, 2.05) is 6.92 Å². The second-order valence-electron chi connectivity index (χ2n) is 11.9. The quantitative estimate of drug-likeness (QED) is 0.302. The third-order valence-corrected chi connectivity index (χ3v) is 9.69. The molecule has 9 nitrogen and oxygen atoms in total. The summed E-state index contributed by atoms with van der Waals surface area (Å²) in [6.45, 7) is 10.5. The van der Waals surface area contributed by atoms with E-state index in [2.05, 4.69) is 4.74 Å². The van der Waals surface area contributed by atoms with Crippen molar-refractivity contribution in [2.24, 2.45) is 39.4 Å². The Balaban J connectivity index is 2.35. The largest absolute Gasteiger partial charge is 0.481 e. The van der Waals surface area contributed by atoms with Gasteiger partial charge in [-0.2, -0.15) is 0 Å². The van der Waals surface area contributed by atoms with Gasteiger partial charge in [0.1, 0.15) is 11.9 Å². The lowest BCUT2D eigenvalue weighted by atomic mass is 9.36. The van der Waals surface area contributed by atoms with Crippen LogP contribution in [-0.4, -0.2) is 63.4 Å². The lowest BCUT2D eigenvalue weighted by molar-refractivity contribution is -0.210. The van der Waals surface area contributed by atoms with Crippen molar-refractivity contribution in [3.63, 3.8) is 0 Å². The summed E-state index contributed by atoms with van der Waals surface area (Å²) >= 11 is 0. The van der Waals surface area contributed by atoms with Crippen LogP contribution in [0.4, 0.5) is 0 Å². The van der Waals surface area contributed by atoms with Crippen LogP contribution in [0.25, 0.3) is 0 Å². The number of hydrogen-bond acceptors (Lipinski definition) is 8. The number of ketones is 3. The molecule has 9 heteroatoms. The van der Waals surface area contributed by atoms with Crippen LogP contribution in [0.5, 0.6) is 0 Å². The Hall–Kier alpha value is -2.39. The van der Waals surface area contributed by atoms with Crippen molar-refractivity contribution in [1.82, 2.24) is 0 Å². The van der Waals surface area contributed by atoms with Crippen LogP contribution >= 0.6 is 0 Å². The number of ether oxygens (including phenoxy) is 1. The first-order chi connectivity index (χ1) is 15.8. The molecule has 0 bridgehead atoms. The first kappa shape index (κ1) is 27.2. The Kier molecular flexibility index (Phi) is 6.06. The van der Waals surface area contributed by atoms with Crippen LogP contribution in [0, 0.1) is 39.4 Å². The third kappa shape index (κ3) is 3.16. The minimum atomic E-state index is -2.66. The zero-order chi connectivity index (χ0) is 27.1. The Labute approximate surface area is 204 Å². The van der Waals surface area contributed by atoms with Gasteiger partial charge in [0.05, 0.1) is 18.4 Å². The van der Waals surface area contributed by atoms with E-state index in [0.29, 0.717) is 12.0 Å². The summed E-state index contributed by atoms with van der Waals surface area (Å²) in [4.78, 5) is 65.4. The maximum Gasteiger partial charge on any atom is 0.345 e. The van der Waals surface area contributed by atoms with Crippen molar-refractivity contribution in [3.8, 4) is 0 Å². The summed E-state index contributed by atoms with van der Waals surface area (Å²) in [6.07, 6.45) is 0.434. The van der Waals surface area contributed by atoms with Crippen molar-refractivity contribution in [3.05, 3.63) is 11.6 Å². The molecule has 3 aliphatic carbocycles. The number of hydrogen-bond donors (Lipinski definition) is 3. The standard InChI is InChI=1S/C26H36O9/c1-12-11-13-23(4)10-9-14(27)22(2,3)16(23)15(28)18(29)25(13,6)17(19(30)31)24(12,5)20(32)26(7,34)21(33)35-8/h11,13,16-18,29,34H,9-10H2,1-8H3,(H,30,31)/t13-,16+,17-,18+,23-,24+,25-,26-/m0/s1. The number of fused-ring (bicyclic) bond motifs is 3. The van der Waals surface area contributed by atoms with Crippen molar-refractivity contribution >= 4 is 29.3 Å². The fourth-order valence-corrected chi connectivity index (χ4v) is 7.80. The molecule has 0 unspecified atom stereocenters. The van der Waals surface area contributed by atoms with Gasteiger partial charge in [-0.3, -0.25) is 19.2 Å². The molecule has 0 saturated heterocycles. The van der Waals surface area contributed by atoms with Gasteiger partial charge in [-0.1, -0.05) is 39.3 Å². The topological polar surface area (TPSA) is 155 Å². The van der Waals surface area contributed by atoms with Gasteiger partial charge in [0.2, 0.25) is 5.60 Å². The minimum absolute atomic E-state index is 0.0930. The molecule has 3 N–H and O–H groups in total. The van der Waals surface area contributed by atoms with E-state index in [4.69, 9.17) is 0 Å². The maximum absolute atomic E-state index is 13.7. The number of aliphatic hydroxyl groups excluding tert-OH is 1. The van der Waals surface area contributed by atoms with Gasteiger partial charge in [-0.15, -0.1) is 0 Å². The molecule has 0 spiro atoms. The predicted molar refractivity (Wildman–Crippen MR) is 123 cm³/mol. The van der Waals surface area contributed by atoms with Crippen LogP contribution in [0.2, 0.25) is 0 Å². The molecule has 0 radical (unpaired) electrons. The molecule has 0 aromatic rings. The van der Waals surface area contributed by atoms with Gasteiger partial charge >= 0.3 is 11.9 Å². The molecular formula is C26H36O9. The highest BCUT2D eigenvalue weighted by molar-refractivity contribution is 6.11. The summed E-state index contributed by atoms with van der Waals surface area (Å²) in [6, 6.07) is 0. The normalized spacial score (nSPS) is 42.2. The lowest BCUT2D eigenvalue weighted by Crippen LogP contribution is -2.72. The van der Waals surface area contributed by atoms with Crippen LogP contribution in [0.15, 0.2) is 11.6 Å². The Morgan fingerprint density at radius 3 is 2.14 bits per heavy atom. The molecule has 0 aromatic heterocycles. The van der Waals surface area contributed by atoms with Gasteiger partial charge in [0, 0.05) is 23.2 Å². The molecule has 0 aliphatic heterocycles. The highest BCUT2D eigenvalue weighted by Crippen LogP contribution is 2.69. The van der Waals surface area contributed by atoms with E-state index in [-0.39, 0.29) is 12.2 Å².